The van der Waals surface area contributed by atoms with Gasteiger partial charge in [-0.2, -0.15) is 0 Å². The van der Waals surface area contributed by atoms with Crippen LogP contribution < -0.4 is 16.0 Å². The maximum absolute atomic E-state index is 13.0. The molecule has 9 heteroatoms. The summed E-state index contributed by atoms with van der Waals surface area (Å²) in [6, 6.07) is 6.41. The molecular formula is C19H29Cl2FN4O2. The van der Waals surface area contributed by atoms with Crippen molar-refractivity contribution >= 4 is 42.3 Å². The van der Waals surface area contributed by atoms with Crippen LogP contribution in [0.25, 0.3) is 0 Å². The number of hydrogen-bond donors (Lipinski definition) is 2. The molecule has 1 aromatic carbocycles. The van der Waals surface area contributed by atoms with Gasteiger partial charge in [-0.25, -0.2) is 4.39 Å². The van der Waals surface area contributed by atoms with Crippen LogP contribution in [0.2, 0.25) is 0 Å². The van der Waals surface area contributed by atoms with Crippen LogP contribution in [-0.4, -0.2) is 55.0 Å². The number of carbonyl (C=O) groups is 2. The first-order chi connectivity index (χ1) is 12.5. The summed E-state index contributed by atoms with van der Waals surface area (Å²) in [5, 5.41) is 2.82. The minimum Gasteiger partial charge on any atom is -0.368 e. The van der Waals surface area contributed by atoms with Crippen LogP contribution in [0.15, 0.2) is 24.3 Å². The fourth-order valence-electron chi connectivity index (χ4n) is 3.72. The van der Waals surface area contributed by atoms with Gasteiger partial charge in [-0.3, -0.25) is 9.59 Å². The molecule has 1 heterocycles. The molecule has 158 valence electrons. The molecule has 0 atom stereocenters. The van der Waals surface area contributed by atoms with Crippen molar-refractivity contribution in [1.29, 1.82) is 0 Å². The van der Waals surface area contributed by atoms with Crippen molar-refractivity contribution in [2.45, 2.75) is 37.6 Å². The Labute approximate surface area is 177 Å². The highest BCUT2D eigenvalue weighted by Gasteiger charge is 2.36. The standard InChI is InChI=1S/C19H27FN4O2.2ClH/c20-15-3-5-16(6-4-15)23-11-13-24(14-12-23)17(25)7-10-22-18(26)19(21)8-1-2-9-19;;/h3-6H,1-2,7-14,21H2,(H,22,26);2*1H. The van der Waals surface area contributed by atoms with Gasteiger partial charge in [0, 0.05) is 44.8 Å². The molecule has 0 aromatic heterocycles. The van der Waals surface area contributed by atoms with Gasteiger partial charge in [-0.1, -0.05) is 12.8 Å². The van der Waals surface area contributed by atoms with E-state index in [1.807, 2.05) is 4.90 Å². The molecule has 3 rings (SSSR count). The van der Waals surface area contributed by atoms with Gasteiger partial charge in [0.05, 0.1) is 5.54 Å². The number of benzene rings is 1. The zero-order valence-corrected chi connectivity index (χ0v) is 17.5. The molecule has 3 N–H and O–H groups in total. The number of nitrogens with one attached hydrogen (secondary N) is 1. The van der Waals surface area contributed by atoms with Crippen molar-refractivity contribution in [3.63, 3.8) is 0 Å². The number of anilines is 1. The van der Waals surface area contributed by atoms with Crippen molar-refractivity contribution in [2.24, 2.45) is 5.73 Å². The van der Waals surface area contributed by atoms with Gasteiger partial charge in [0.25, 0.3) is 0 Å². The number of nitrogens with two attached hydrogens (primary N) is 1. The van der Waals surface area contributed by atoms with E-state index in [2.05, 4.69) is 10.2 Å². The second-order valence-electron chi connectivity index (χ2n) is 7.21. The number of rotatable bonds is 5. The fourth-order valence-corrected chi connectivity index (χ4v) is 3.72. The number of carbonyl (C=O) groups excluding carboxylic acids is 2. The highest BCUT2D eigenvalue weighted by atomic mass is 35.5. The zero-order valence-electron chi connectivity index (χ0n) is 15.9. The van der Waals surface area contributed by atoms with E-state index in [1.54, 1.807) is 12.1 Å². The Bertz CT molecular complexity index is 646. The van der Waals surface area contributed by atoms with Crippen molar-refractivity contribution < 1.29 is 14.0 Å². The van der Waals surface area contributed by atoms with Crippen LogP contribution in [0.3, 0.4) is 0 Å². The molecule has 2 amide bonds. The summed E-state index contributed by atoms with van der Waals surface area (Å²) in [6.07, 6.45) is 3.71. The lowest BCUT2D eigenvalue weighted by atomic mass is 9.98. The predicted octanol–water partition coefficient (Wildman–Crippen LogP) is 2.10. The average molecular weight is 435 g/mol. The van der Waals surface area contributed by atoms with Gasteiger partial charge in [0.1, 0.15) is 5.82 Å². The minimum absolute atomic E-state index is 0. The summed E-state index contributed by atoms with van der Waals surface area (Å²) in [4.78, 5) is 28.5. The Balaban J connectivity index is 0.00000196. The first-order valence-electron chi connectivity index (χ1n) is 9.33. The fraction of sp³-hybridized carbons (Fsp3) is 0.579. The summed E-state index contributed by atoms with van der Waals surface area (Å²) in [6.45, 7) is 3.02. The second kappa shape index (κ2) is 10.8. The summed E-state index contributed by atoms with van der Waals surface area (Å²) < 4.78 is 13.0. The van der Waals surface area contributed by atoms with Crippen molar-refractivity contribution in [1.82, 2.24) is 10.2 Å². The maximum Gasteiger partial charge on any atom is 0.240 e. The lowest BCUT2D eigenvalue weighted by Gasteiger charge is -2.36. The second-order valence-corrected chi connectivity index (χ2v) is 7.21. The van der Waals surface area contributed by atoms with Crippen molar-refractivity contribution in [3.8, 4) is 0 Å². The first-order valence-corrected chi connectivity index (χ1v) is 9.33. The molecular weight excluding hydrogens is 406 g/mol. The van der Waals surface area contributed by atoms with Gasteiger partial charge in [-0.05, 0) is 37.1 Å². The molecule has 0 radical (unpaired) electrons. The molecule has 1 aliphatic carbocycles. The highest BCUT2D eigenvalue weighted by molar-refractivity contribution is 5.87. The molecule has 6 nitrogen and oxygen atoms in total. The monoisotopic (exact) mass is 434 g/mol. The van der Waals surface area contributed by atoms with E-state index in [0.29, 0.717) is 26.1 Å². The number of halogens is 3. The van der Waals surface area contributed by atoms with Gasteiger partial charge >= 0.3 is 0 Å². The van der Waals surface area contributed by atoms with Crippen LogP contribution in [-0.2, 0) is 9.59 Å². The Morgan fingerprint density at radius 3 is 2.18 bits per heavy atom. The third-order valence-corrected chi connectivity index (χ3v) is 5.40. The molecule has 2 fully saturated rings. The summed E-state index contributed by atoms with van der Waals surface area (Å²) in [5.74, 6) is -0.341. The predicted molar refractivity (Wildman–Crippen MR) is 113 cm³/mol. The molecule has 0 spiro atoms. The highest BCUT2D eigenvalue weighted by Crippen LogP contribution is 2.27. The first kappa shape index (κ1) is 24.5. The number of nitrogens with zero attached hydrogens (tertiary/aromatic N) is 2. The van der Waals surface area contributed by atoms with Gasteiger partial charge in [0.15, 0.2) is 0 Å². The van der Waals surface area contributed by atoms with Crippen molar-refractivity contribution in [3.05, 3.63) is 30.1 Å². The Morgan fingerprint density at radius 2 is 1.61 bits per heavy atom. The van der Waals surface area contributed by atoms with Crippen LogP contribution in [0.4, 0.5) is 10.1 Å². The molecule has 2 aliphatic rings. The minimum atomic E-state index is -0.746. The lowest BCUT2D eigenvalue weighted by molar-refractivity contribution is -0.131. The van der Waals surface area contributed by atoms with E-state index in [9.17, 15) is 14.0 Å². The Kier molecular flexibility index (Phi) is 9.47. The largest absolute Gasteiger partial charge is 0.368 e. The maximum atomic E-state index is 13.0. The SMILES string of the molecule is Cl.Cl.NC1(C(=O)NCCC(=O)N2CCN(c3ccc(F)cc3)CC2)CCCC1. The van der Waals surface area contributed by atoms with E-state index in [-0.39, 0.29) is 42.4 Å². The van der Waals surface area contributed by atoms with Gasteiger partial charge < -0.3 is 20.9 Å². The number of hydrogen-bond acceptors (Lipinski definition) is 4. The Morgan fingerprint density at radius 1 is 1.04 bits per heavy atom. The average Bonchev–Trinajstić information content (AvgIpc) is 3.10. The summed E-state index contributed by atoms with van der Waals surface area (Å²) >= 11 is 0. The molecule has 1 aromatic rings. The normalized spacial score (nSPS) is 18.1. The quantitative estimate of drug-likeness (QED) is 0.743. The van der Waals surface area contributed by atoms with E-state index < -0.39 is 5.54 Å². The van der Waals surface area contributed by atoms with Crippen LogP contribution in [0.5, 0.6) is 0 Å². The molecule has 1 saturated heterocycles. The zero-order chi connectivity index (χ0) is 18.6. The van der Waals surface area contributed by atoms with Crippen LogP contribution in [0.1, 0.15) is 32.1 Å². The number of amides is 2. The van der Waals surface area contributed by atoms with E-state index in [0.717, 1.165) is 44.5 Å². The third kappa shape index (κ3) is 5.96. The third-order valence-electron chi connectivity index (χ3n) is 5.40. The van der Waals surface area contributed by atoms with Crippen LogP contribution >= 0.6 is 24.8 Å². The molecule has 0 unspecified atom stereocenters. The molecule has 1 aliphatic heterocycles. The van der Waals surface area contributed by atoms with E-state index in [4.69, 9.17) is 5.73 Å². The number of piperazine rings is 1. The summed E-state index contributed by atoms with van der Waals surface area (Å²) in [7, 11) is 0. The van der Waals surface area contributed by atoms with Gasteiger partial charge in [0.2, 0.25) is 11.8 Å². The smallest absolute Gasteiger partial charge is 0.240 e. The lowest BCUT2D eigenvalue weighted by Crippen LogP contribution is -2.53. The van der Waals surface area contributed by atoms with E-state index >= 15 is 0 Å². The van der Waals surface area contributed by atoms with E-state index in [1.165, 1.54) is 12.1 Å². The van der Waals surface area contributed by atoms with Crippen LogP contribution in [0, 0.1) is 5.82 Å². The van der Waals surface area contributed by atoms with Crippen molar-refractivity contribution in [2.75, 3.05) is 37.6 Å². The van der Waals surface area contributed by atoms with Gasteiger partial charge in [-0.15, -0.1) is 24.8 Å². The topological polar surface area (TPSA) is 78.7 Å². The molecule has 0 bridgehead atoms. The molecule has 1 saturated carbocycles. The molecule has 28 heavy (non-hydrogen) atoms. The summed E-state index contributed by atoms with van der Waals surface area (Å²) in [5.41, 5.74) is 6.33. The Hall–Kier alpha value is -1.57.